The van der Waals surface area contributed by atoms with Crippen LogP contribution in [0.25, 0.3) is 0 Å². The van der Waals surface area contributed by atoms with Crippen LogP contribution < -0.4 is 10.0 Å². The minimum absolute atomic E-state index is 0.124. The van der Waals surface area contributed by atoms with Gasteiger partial charge in [0.05, 0.1) is 12.0 Å². The van der Waals surface area contributed by atoms with E-state index in [1.807, 2.05) is 25.1 Å². The Hall–Kier alpha value is -2.21. The van der Waals surface area contributed by atoms with Crippen molar-refractivity contribution in [1.82, 2.24) is 14.9 Å². The molecule has 0 radical (unpaired) electrons. The zero-order valence-corrected chi connectivity index (χ0v) is 17.4. The number of rotatable bonds is 9. The summed E-state index contributed by atoms with van der Waals surface area (Å²) < 4.78 is 32.1. The smallest absolute Gasteiger partial charge is 0.269 e. The first-order valence-electron chi connectivity index (χ1n) is 8.25. The van der Waals surface area contributed by atoms with Gasteiger partial charge in [0, 0.05) is 17.9 Å². The number of anilines is 1. The summed E-state index contributed by atoms with van der Waals surface area (Å²) in [4.78, 5) is 12.2. The number of furan rings is 1. The molecule has 8 nitrogen and oxygen atoms in total. The van der Waals surface area contributed by atoms with Crippen LogP contribution in [0.15, 0.2) is 51.4 Å². The Morgan fingerprint density at radius 3 is 2.86 bits per heavy atom. The van der Waals surface area contributed by atoms with E-state index >= 15 is 0 Å². The summed E-state index contributed by atoms with van der Waals surface area (Å²) in [6.07, 6.45) is 1.60. The van der Waals surface area contributed by atoms with E-state index in [0.29, 0.717) is 17.1 Å². The van der Waals surface area contributed by atoms with Crippen molar-refractivity contribution in [2.24, 2.45) is 0 Å². The van der Waals surface area contributed by atoms with Crippen LogP contribution in [0.1, 0.15) is 21.7 Å². The Balaban J connectivity index is 1.51. The van der Waals surface area contributed by atoms with E-state index in [1.54, 1.807) is 36.2 Å². The first-order valence-corrected chi connectivity index (χ1v) is 11.7. The van der Waals surface area contributed by atoms with Crippen LogP contribution >= 0.6 is 23.1 Å². The molecule has 3 rings (SSSR count). The molecule has 0 atom stereocenters. The lowest BCUT2D eigenvalue weighted by atomic mass is 10.1. The van der Waals surface area contributed by atoms with Crippen LogP contribution in [0.5, 0.6) is 0 Å². The highest BCUT2D eigenvalue weighted by molar-refractivity contribution is 7.98. The van der Waals surface area contributed by atoms with Gasteiger partial charge in [-0.3, -0.25) is 10.1 Å². The van der Waals surface area contributed by atoms with Crippen LogP contribution in [-0.2, 0) is 15.8 Å². The van der Waals surface area contributed by atoms with Gasteiger partial charge >= 0.3 is 0 Å². The summed E-state index contributed by atoms with van der Waals surface area (Å²) in [7, 11) is -3.77. The van der Waals surface area contributed by atoms with Gasteiger partial charge in [-0.1, -0.05) is 29.0 Å². The molecule has 3 aromatic rings. The number of aryl methyl sites for hydroxylation is 1. The lowest BCUT2D eigenvalue weighted by molar-refractivity contribution is 0.102. The lowest BCUT2D eigenvalue weighted by Gasteiger charge is -2.03. The number of aromatic nitrogens is 2. The molecule has 11 heteroatoms. The van der Waals surface area contributed by atoms with Crippen molar-refractivity contribution in [3.63, 3.8) is 0 Å². The Morgan fingerprint density at radius 2 is 2.11 bits per heavy atom. The average molecular weight is 439 g/mol. The molecule has 0 saturated carbocycles. The summed E-state index contributed by atoms with van der Waals surface area (Å²) in [5.74, 6) is 1.72. The van der Waals surface area contributed by atoms with E-state index in [1.165, 1.54) is 0 Å². The van der Waals surface area contributed by atoms with E-state index < -0.39 is 10.0 Å². The SMILES string of the molecule is Cc1cccc(C(=O)Nc2nnc(S(=O)(=O)NCCSCc3ccco3)s2)c1. The van der Waals surface area contributed by atoms with Gasteiger partial charge in [-0.2, -0.15) is 11.8 Å². The van der Waals surface area contributed by atoms with Crippen molar-refractivity contribution in [3.8, 4) is 0 Å². The fourth-order valence-corrected chi connectivity index (χ4v) is 5.05. The van der Waals surface area contributed by atoms with Crippen molar-refractivity contribution < 1.29 is 17.6 Å². The summed E-state index contributed by atoms with van der Waals surface area (Å²) in [6.45, 7) is 2.13. The number of amides is 1. The summed E-state index contributed by atoms with van der Waals surface area (Å²) in [5, 5.41) is 10.1. The van der Waals surface area contributed by atoms with E-state index in [4.69, 9.17) is 4.42 Å². The van der Waals surface area contributed by atoms with Gasteiger partial charge in [-0.15, -0.1) is 10.2 Å². The van der Waals surface area contributed by atoms with Gasteiger partial charge in [0.1, 0.15) is 5.76 Å². The highest BCUT2D eigenvalue weighted by Gasteiger charge is 2.20. The number of carbonyl (C=O) groups excluding carboxylic acids is 1. The highest BCUT2D eigenvalue weighted by Crippen LogP contribution is 2.20. The topological polar surface area (TPSA) is 114 Å². The predicted octanol–water partition coefficient (Wildman–Crippen LogP) is 2.90. The Labute approximate surface area is 170 Å². The Morgan fingerprint density at radius 1 is 1.25 bits per heavy atom. The van der Waals surface area contributed by atoms with Crippen molar-refractivity contribution in [1.29, 1.82) is 0 Å². The van der Waals surface area contributed by atoms with Crippen molar-refractivity contribution in [2.75, 3.05) is 17.6 Å². The second kappa shape index (κ2) is 9.32. The summed E-state index contributed by atoms with van der Waals surface area (Å²) in [6, 6.07) is 10.7. The number of benzene rings is 1. The molecule has 0 aliphatic carbocycles. The number of sulfonamides is 1. The number of thioether (sulfide) groups is 1. The Kier molecular flexibility index (Phi) is 6.83. The van der Waals surface area contributed by atoms with Crippen molar-refractivity contribution >= 4 is 44.2 Å². The van der Waals surface area contributed by atoms with E-state index in [9.17, 15) is 13.2 Å². The fraction of sp³-hybridized carbons (Fsp3) is 0.235. The quantitative estimate of drug-likeness (QED) is 0.390. The molecular formula is C17H18N4O4S3. The molecule has 0 saturated heterocycles. The third-order valence-electron chi connectivity index (χ3n) is 3.50. The molecule has 2 heterocycles. The van der Waals surface area contributed by atoms with Gasteiger partial charge in [0.25, 0.3) is 15.9 Å². The molecule has 0 aliphatic heterocycles. The van der Waals surface area contributed by atoms with Crippen LogP contribution in [0.3, 0.4) is 0 Å². The van der Waals surface area contributed by atoms with E-state index in [-0.39, 0.29) is 21.9 Å². The maximum absolute atomic E-state index is 12.3. The molecule has 28 heavy (non-hydrogen) atoms. The third kappa shape index (κ3) is 5.64. The highest BCUT2D eigenvalue weighted by atomic mass is 32.2. The zero-order chi connectivity index (χ0) is 20.0. The molecule has 0 bridgehead atoms. The maximum atomic E-state index is 12.3. The first kappa shape index (κ1) is 20.5. The van der Waals surface area contributed by atoms with Crippen molar-refractivity contribution in [2.45, 2.75) is 17.0 Å². The number of nitrogens with zero attached hydrogens (tertiary/aromatic N) is 2. The minimum atomic E-state index is -3.77. The molecule has 0 aliphatic rings. The number of nitrogens with one attached hydrogen (secondary N) is 2. The van der Waals surface area contributed by atoms with E-state index in [2.05, 4.69) is 20.2 Å². The normalized spacial score (nSPS) is 11.5. The second-order valence-electron chi connectivity index (χ2n) is 5.73. The standard InChI is InChI=1S/C17H18N4O4S3/c1-12-4-2-5-13(10-12)15(22)19-16-20-21-17(27-16)28(23,24)18-7-9-26-11-14-6-3-8-25-14/h2-6,8,10,18H,7,9,11H2,1H3,(H,19,20,22). The molecule has 148 valence electrons. The average Bonchev–Trinajstić information content (AvgIpc) is 3.33. The summed E-state index contributed by atoms with van der Waals surface area (Å²) in [5.41, 5.74) is 1.41. The number of carbonyl (C=O) groups is 1. The molecule has 2 N–H and O–H groups in total. The molecule has 0 unspecified atom stereocenters. The van der Waals surface area contributed by atoms with E-state index in [0.717, 1.165) is 22.7 Å². The van der Waals surface area contributed by atoms with Crippen LogP contribution in [0, 0.1) is 6.92 Å². The molecule has 0 fully saturated rings. The fourth-order valence-electron chi connectivity index (χ4n) is 2.20. The van der Waals surface area contributed by atoms with Gasteiger partial charge in [-0.25, -0.2) is 13.1 Å². The lowest BCUT2D eigenvalue weighted by Crippen LogP contribution is -2.26. The molecule has 2 aromatic heterocycles. The first-order chi connectivity index (χ1) is 13.4. The third-order valence-corrected chi connectivity index (χ3v) is 7.15. The summed E-state index contributed by atoms with van der Waals surface area (Å²) >= 11 is 2.35. The molecule has 1 aromatic carbocycles. The zero-order valence-electron chi connectivity index (χ0n) is 14.9. The van der Waals surface area contributed by atoms with Crippen LogP contribution in [0.4, 0.5) is 5.13 Å². The van der Waals surface area contributed by atoms with Gasteiger partial charge in [0.2, 0.25) is 9.47 Å². The number of hydrogen-bond acceptors (Lipinski definition) is 8. The second-order valence-corrected chi connectivity index (χ2v) is 9.75. The minimum Gasteiger partial charge on any atom is -0.468 e. The number of hydrogen-bond donors (Lipinski definition) is 2. The van der Waals surface area contributed by atoms with Gasteiger partial charge in [0.15, 0.2) is 0 Å². The van der Waals surface area contributed by atoms with Gasteiger partial charge in [-0.05, 0) is 31.2 Å². The largest absolute Gasteiger partial charge is 0.468 e. The Bertz CT molecular complexity index is 1030. The predicted molar refractivity (Wildman–Crippen MR) is 109 cm³/mol. The van der Waals surface area contributed by atoms with Gasteiger partial charge < -0.3 is 4.42 Å². The van der Waals surface area contributed by atoms with Crippen LogP contribution in [-0.4, -0.2) is 36.8 Å². The molecule has 1 amide bonds. The van der Waals surface area contributed by atoms with Crippen LogP contribution in [0.2, 0.25) is 0 Å². The molecular weight excluding hydrogens is 420 g/mol. The molecule has 0 spiro atoms. The monoisotopic (exact) mass is 438 g/mol. The maximum Gasteiger partial charge on any atom is 0.269 e. The van der Waals surface area contributed by atoms with Crippen molar-refractivity contribution in [3.05, 3.63) is 59.5 Å².